The lowest BCUT2D eigenvalue weighted by molar-refractivity contribution is -0.192. The third kappa shape index (κ3) is 7.13. The smallest absolute Gasteiger partial charge is 0.475 e. The van der Waals surface area contributed by atoms with E-state index in [9.17, 15) is 22.4 Å². The number of amides is 1. The Bertz CT molecular complexity index is 1230. The minimum Gasteiger partial charge on any atom is -0.475 e. The molecule has 37 heavy (non-hydrogen) atoms. The van der Waals surface area contributed by atoms with Gasteiger partial charge in [-0.25, -0.2) is 19.2 Å². The number of rotatable bonds is 4. The first-order valence-electron chi connectivity index (χ1n) is 11.4. The Labute approximate surface area is 211 Å². The first-order chi connectivity index (χ1) is 17.4. The van der Waals surface area contributed by atoms with Gasteiger partial charge in [-0.1, -0.05) is 12.1 Å². The molecule has 0 unspecified atom stereocenters. The van der Waals surface area contributed by atoms with Crippen LogP contribution in [-0.4, -0.2) is 80.7 Å². The molecule has 0 aliphatic carbocycles. The maximum Gasteiger partial charge on any atom is 0.490 e. The van der Waals surface area contributed by atoms with Crippen LogP contribution in [0.3, 0.4) is 0 Å². The third-order valence-corrected chi connectivity index (χ3v) is 6.02. The second-order valence-electron chi connectivity index (χ2n) is 8.82. The average Bonchev–Trinajstić information content (AvgIpc) is 3.25. The highest BCUT2D eigenvalue weighted by Crippen LogP contribution is 2.24. The fraction of sp³-hybridized carbons (Fsp3) is 0.360. The van der Waals surface area contributed by atoms with Crippen LogP contribution < -0.4 is 0 Å². The number of carboxylic acid groups (broad SMARTS) is 1. The van der Waals surface area contributed by atoms with E-state index in [1.54, 1.807) is 24.5 Å². The number of carboxylic acids is 1. The van der Waals surface area contributed by atoms with Crippen molar-refractivity contribution >= 4 is 11.9 Å². The number of aromatic nitrogens is 3. The van der Waals surface area contributed by atoms with Gasteiger partial charge in [-0.3, -0.25) is 4.79 Å². The van der Waals surface area contributed by atoms with Gasteiger partial charge in [-0.15, -0.1) is 0 Å². The van der Waals surface area contributed by atoms with E-state index in [0.717, 1.165) is 37.1 Å². The van der Waals surface area contributed by atoms with Crippen LogP contribution >= 0.6 is 0 Å². The highest BCUT2D eigenvalue weighted by atomic mass is 19.4. The second-order valence-corrected chi connectivity index (χ2v) is 8.82. The zero-order valence-corrected chi connectivity index (χ0v) is 20.5. The minimum absolute atomic E-state index is 0.0539. The third-order valence-electron chi connectivity index (χ3n) is 6.02. The number of hydrogen-bond donors (Lipinski definition) is 1. The molecule has 0 radical (unpaired) electrons. The predicted molar refractivity (Wildman–Crippen MR) is 128 cm³/mol. The van der Waals surface area contributed by atoms with Crippen molar-refractivity contribution in [3.8, 4) is 22.5 Å². The van der Waals surface area contributed by atoms with Crippen LogP contribution in [0, 0.1) is 5.82 Å². The van der Waals surface area contributed by atoms with E-state index < -0.39 is 12.1 Å². The van der Waals surface area contributed by atoms with E-state index in [-0.39, 0.29) is 11.7 Å². The minimum atomic E-state index is -5.08. The van der Waals surface area contributed by atoms with E-state index >= 15 is 0 Å². The van der Waals surface area contributed by atoms with Crippen molar-refractivity contribution in [3.63, 3.8) is 0 Å². The van der Waals surface area contributed by atoms with Gasteiger partial charge in [0, 0.05) is 61.5 Å². The van der Waals surface area contributed by atoms with E-state index in [1.807, 2.05) is 28.8 Å². The van der Waals surface area contributed by atoms with Gasteiger partial charge >= 0.3 is 12.1 Å². The number of likely N-dealkylation sites (tertiary alicyclic amines) is 1. The van der Waals surface area contributed by atoms with Gasteiger partial charge < -0.3 is 19.5 Å². The van der Waals surface area contributed by atoms with Crippen LogP contribution in [0.15, 0.2) is 48.9 Å². The molecular weight excluding hydrogens is 494 g/mol. The summed E-state index contributed by atoms with van der Waals surface area (Å²) in [5.74, 6) is -2.55. The maximum atomic E-state index is 13.4. The second kappa shape index (κ2) is 11.5. The Hall–Kier alpha value is -3.80. The normalized spacial score (nSPS) is 14.3. The van der Waals surface area contributed by atoms with Gasteiger partial charge in [-0.05, 0) is 45.1 Å². The summed E-state index contributed by atoms with van der Waals surface area (Å²) in [6, 6.07) is 8.64. The Balaban J connectivity index is 0.000000479. The zero-order valence-electron chi connectivity index (χ0n) is 20.5. The molecular formula is C25H27F4N5O3. The molecule has 0 bridgehead atoms. The number of aliphatic carboxylic acids is 1. The van der Waals surface area contributed by atoms with Crippen molar-refractivity contribution in [3.05, 3.63) is 60.4 Å². The average molecular weight is 522 g/mol. The number of hydrogen-bond acceptors (Lipinski definition) is 5. The number of benzene rings is 1. The Kier molecular flexibility index (Phi) is 8.64. The summed E-state index contributed by atoms with van der Waals surface area (Å²) in [7, 11) is 6.06. The number of alkyl halides is 3. The van der Waals surface area contributed by atoms with Crippen molar-refractivity contribution in [2.24, 2.45) is 7.05 Å². The molecule has 198 valence electrons. The molecule has 0 saturated carbocycles. The fourth-order valence-corrected chi connectivity index (χ4v) is 3.94. The van der Waals surface area contributed by atoms with Crippen molar-refractivity contribution in [2.75, 3.05) is 27.2 Å². The summed E-state index contributed by atoms with van der Waals surface area (Å²) >= 11 is 0. The first kappa shape index (κ1) is 27.8. The van der Waals surface area contributed by atoms with Crippen molar-refractivity contribution in [1.82, 2.24) is 24.3 Å². The van der Waals surface area contributed by atoms with Gasteiger partial charge in [0.1, 0.15) is 11.5 Å². The Morgan fingerprint density at radius 3 is 2.14 bits per heavy atom. The molecule has 2 aromatic heterocycles. The first-order valence-corrected chi connectivity index (χ1v) is 11.4. The van der Waals surface area contributed by atoms with E-state index in [4.69, 9.17) is 9.90 Å². The lowest BCUT2D eigenvalue weighted by Crippen LogP contribution is -2.44. The van der Waals surface area contributed by atoms with Crippen molar-refractivity contribution in [1.29, 1.82) is 0 Å². The monoisotopic (exact) mass is 521 g/mol. The van der Waals surface area contributed by atoms with Crippen molar-refractivity contribution in [2.45, 2.75) is 25.1 Å². The largest absolute Gasteiger partial charge is 0.490 e. The molecule has 0 spiro atoms. The molecule has 1 aliphatic heterocycles. The van der Waals surface area contributed by atoms with Gasteiger partial charge in [0.25, 0.3) is 5.91 Å². The molecule has 1 N–H and O–H groups in total. The summed E-state index contributed by atoms with van der Waals surface area (Å²) in [5.41, 5.74) is 2.99. The molecule has 8 nitrogen and oxygen atoms in total. The van der Waals surface area contributed by atoms with Crippen LogP contribution in [0.4, 0.5) is 17.6 Å². The molecule has 1 fully saturated rings. The lowest BCUT2D eigenvalue weighted by Gasteiger charge is -2.35. The number of halogens is 4. The molecule has 1 saturated heterocycles. The molecule has 0 atom stereocenters. The molecule has 1 aliphatic rings. The topological polar surface area (TPSA) is 91.6 Å². The molecule has 4 rings (SSSR count). The fourth-order valence-electron chi connectivity index (χ4n) is 3.94. The summed E-state index contributed by atoms with van der Waals surface area (Å²) in [6.45, 7) is 1.54. The van der Waals surface area contributed by atoms with Gasteiger partial charge in [-0.2, -0.15) is 13.2 Å². The van der Waals surface area contributed by atoms with Crippen LogP contribution in [0.5, 0.6) is 0 Å². The van der Waals surface area contributed by atoms with E-state index in [1.165, 1.54) is 12.1 Å². The number of nitrogens with zero attached hydrogens (tertiary/aromatic N) is 5. The molecule has 1 amide bonds. The van der Waals surface area contributed by atoms with E-state index in [2.05, 4.69) is 29.0 Å². The molecule has 3 aromatic rings. The molecule has 1 aromatic carbocycles. The Morgan fingerprint density at radius 1 is 1.03 bits per heavy atom. The van der Waals surface area contributed by atoms with Crippen LogP contribution in [-0.2, 0) is 11.8 Å². The van der Waals surface area contributed by atoms with Gasteiger partial charge in [0.05, 0.1) is 0 Å². The lowest BCUT2D eigenvalue weighted by atomic mass is 10.0. The predicted octanol–water partition coefficient (Wildman–Crippen LogP) is 4.09. The standard InChI is InChI=1S/C23H26FN5O.C2HF3O2/c1-27(2)20-7-9-29(10-8-20)23(30)21-12-17(15-28(21)3)18-13-25-22(26-14-18)16-5-4-6-19(24)11-16;3-2(4,5)1(6)7/h4-6,11-15,20H,7-10H2,1-3H3;(H,6,7). The van der Waals surface area contributed by atoms with Crippen LogP contribution in [0.25, 0.3) is 22.5 Å². The summed E-state index contributed by atoms with van der Waals surface area (Å²) in [6.07, 6.45) is 2.23. The van der Waals surface area contributed by atoms with Crippen LogP contribution in [0.1, 0.15) is 23.3 Å². The number of carbonyl (C=O) groups is 2. The number of carbonyl (C=O) groups excluding carboxylic acids is 1. The van der Waals surface area contributed by atoms with Crippen LogP contribution in [0.2, 0.25) is 0 Å². The quantitative estimate of drug-likeness (QED) is 0.520. The highest BCUT2D eigenvalue weighted by molar-refractivity contribution is 5.94. The molecule has 3 heterocycles. The Morgan fingerprint density at radius 2 is 1.62 bits per heavy atom. The highest BCUT2D eigenvalue weighted by Gasteiger charge is 2.38. The van der Waals surface area contributed by atoms with Gasteiger partial charge in [0.15, 0.2) is 5.82 Å². The summed E-state index contributed by atoms with van der Waals surface area (Å²) in [4.78, 5) is 34.9. The SMILES string of the molecule is CN(C)C1CCN(C(=O)c2cc(-c3cnc(-c4cccc(F)c4)nc3)cn2C)CC1.O=C(O)C(F)(F)F. The van der Waals surface area contributed by atoms with E-state index in [0.29, 0.717) is 23.1 Å². The zero-order chi connectivity index (χ0) is 27.3. The van der Waals surface area contributed by atoms with Crippen molar-refractivity contribution < 1.29 is 32.3 Å². The number of piperidine rings is 1. The summed E-state index contributed by atoms with van der Waals surface area (Å²) < 4.78 is 47.0. The summed E-state index contributed by atoms with van der Waals surface area (Å²) in [5, 5.41) is 7.12. The molecule has 12 heteroatoms. The maximum absolute atomic E-state index is 13.4. The number of aryl methyl sites for hydroxylation is 1. The van der Waals surface area contributed by atoms with Gasteiger partial charge in [0.2, 0.25) is 0 Å².